The molecule has 1 saturated carbocycles. The smallest absolute Gasteiger partial charge is 0.293 e. The number of nitro benzene ring substituents is 1. The Hall–Kier alpha value is -1.71. The van der Waals surface area contributed by atoms with Gasteiger partial charge in [0, 0.05) is 18.7 Å². The fourth-order valence-corrected chi connectivity index (χ4v) is 4.28. The summed E-state index contributed by atoms with van der Waals surface area (Å²) in [5.41, 5.74) is -1.23. The number of sulfonamides is 1. The number of nitrogens with one attached hydrogen (secondary N) is 2. The van der Waals surface area contributed by atoms with Crippen LogP contribution in [0, 0.1) is 16.0 Å². The molecule has 1 fully saturated rings. The third kappa shape index (κ3) is 5.65. The zero-order valence-corrected chi connectivity index (χ0v) is 16.2. The van der Waals surface area contributed by atoms with Crippen LogP contribution >= 0.6 is 0 Å². The second-order valence-corrected chi connectivity index (χ2v) is 9.39. The summed E-state index contributed by atoms with van der Waals surface area (Å²) in [5.74, 6) is 0.595. The molecule has 3 N–H and O–H groups in total. The molecule has 0 heterocycles. The summed E-state index contributed by atoms with van der Waals surface area (Å²) in [6, 6.07) is 3.62. The molecular weight excluding hydrogens is 358 g/mol. The van der Waals surface area contributed by atoms with Crippen LogP contribution in [0.2, 0.25) is 0 Å². The summed E-state index contributed by atoms with van der Waals surface area (Å²) >= 11 is 0. The largest absolute Gasteiger partial charge is 0.389 e. The van der Waals surface area contributed by atoms with Crippen molar-refractivity contribution in [3.8, 4) is 0 Å². The van der Waals surface area contributed by atoms with E-state index in [0.29, 0.717) is 5.92 Å². The number of rotatable bonds is 7. The highest BCUT2D eigenvalue weighted by Gasteiger charge is 2.27. The maximum atomic E-state index is 12.6. The normalized spacial score (nSPS) is 21.4. The van der Waals surface area contributed by atoms with Crippen LogP contribution in [0.25, 0.3) is 0 Å². The van der Waals surface area contributed by atoms with Crippen LogP contribution in [0.4, 0.5) is 11.4 Å². The molecule has 0 bridgehead atoms. The first kappa shape index (κ1) is 20.6. The van der Waals surface area contributed by atoms with Crippen LogP contribution in [0.3, 0.4) is 0 Å². The summed E-state index contributed by atoms with van der Waals surface area (Å²) < 4.78 is 27.8. The van der Waals surface area contributed by atoms with Gasteiger partial charge in [0.1, 0.15) is 5.69 Å². The highest BCUT2D eigenvalue weighted by Crippen LogP contribution is 2.29. The van der Waals surface area contributed by atoms with Crippen molar-refractivity contribution >= 4 is 21.4 Å². The fraction of sp³-hybridized carbons (Fsp3) is 0.647. The van der Waals surface area contributed by atoms with Gasteiger partial charge in [0.25, 0.3) is 5.69 Å². The molecule has 0 aliphatic heterocycles. The molecule has 0 atom stereocenters. The van der Waals surface area contributed by atoms with Crippen molar-refractivity contribution in [2.45, 2.75) is 63.0 Å². The molecule has 9 heteroatoms. The van der Waals surface area contributed by atoms with Gasteiger partial charge < -0.3 is 10.4 Å². The Morgan fingerprint density at radius 1 is 1.27 bits per heavy atom. The first-order chi connectivity index (χ1) is 12.0. The number of hydrogen-bond acceptors (Lipinski definition) is 6. The van der Waals surface area contributed by atoms with E-state index >= 15 is 0 Å². The summed E-state index contributed by atoms with van der Waals surface area (Å²) in [6.07, 6.45) is 3.47. The quantitative estimate of drug-likeness (QED) is 0.490. The molecule has 0 aromatic heterocycles. The standard InChI is InChI=1S/C17H27N3O5S/c1-12-4-6-13(7-5-12)19-26(24,25)14-8-9-15(16(10-14)20(22)23)18-11-17(2,3)21/h8-10,12-13,18-19,21H,4-7,11H2,1-3H3. The summed E-state index contributed by atoms with van der Waals surface area (Å²) in [6.45, 7) is 5.38. The molecule has 26 heavy (non-hydrogen) atoms. The van der Waals surface area contributed by atoms with Gasteiger partial charge in [-0.25, -0.2) is 13.1 Å². The van der Waals surface area contributed by atoms with Gasteiger partial charge in [-0.3, -0.25) is 10.1 Å². The average Bonchev–Trinajstić information content (AvgIpc) is 2.54. The van der Waals surface area contributed by atoms with Crippen LogP contribution in [-0.2, 0) is 10.0 Å². The molecule has 0 radical (unpaired) electrons. The van der Waals surface area contributed by atoms with Gasteiger partial charge in [-0.15, -0.1) is 0 Å². The van der Waals surface area contributed by atoms with E-state index in [1.54, 1.807) is 13.8 Å². The summed E-state index contributed by atoms with van der Waals surface area (Å²) in [7, 11) is -3.83. The predicted octanol–water partition coefficient (Wildman–Crippen LogP) is 2.63. The van der Waals surface area contributed by atoms with E-state index in [0.717, 1.165) is 31.7 Å². The molecule has 1 aliphatic rings. The van der Waals surface area contributed by atoms with E-state index in [1.165, 1.54) is 12.1 Å². The van der Waals surface area contributed by atoms with Crippen molar-refractivity contribution in [1.29, 1.82) is 0 Å². The van der Waals surface area contributed by atoms with Gasteiger partial charge in [-0.2, -0.15) is 0 Å². The maximum Gasteiger partial charge on any atom is 0.293 e. The molecule has 0 unspecified atom stereocenters. The second-order valence-electron chi connectivity index (χ2n) is 7.68. The monoisotopic (exact) mass is 385 g/mol. The van der Waals surface area contributed by atoms with Crippen LogP contribution in [0.1, 0.15) is 46.5 Å². The molecule has 1 aromatic carbocycles. The minimum Gasteiger partial charge on any atom is -0.389 e. The van der Waals surface area contributed by atoms with E-state index in [4.69, 9.17) is 0 Å². The Labute approximate surface area is 154 Å². The minimum atomic E-state index is -3.83. The second kappa shape index (κ2) is 7.89. The highest BCUT2D eigenvalue weighted by molar-refractivity contribution is 7.89. The Balaban J connectivity index is 2.20. The van der Waals surface area contributed by atoms with E-state index in [9.17, 15) is 23.6 Å². The van der Waals surface area contributed by atoms with Crippen molar-refractivity contribution in [1.82, 2.24) is 4.72 Å². The minimum absolute atomic E-state index is 0.0957. The molecule has 0 saturated heterocycles. The van der Waals surface area contributed by atoms with Crippen LogP contribution < -0.4 is 10.0 Å². The molecule has 1 aliphatic carbocycles. The highest BCUT2D eigenvalue weighted by atomic mass is 32.2. The number of nitrogens with zero attached hydrogens (tertiary/aromatic N) is 1. The van der Waals surface area contributed by atoms with E-state index < -0.39 is 20.5 Å². The van der Waals surface area contributed by atoms with E-state index in [2.05, 4.69) is 17.0 Å². The lowest BCUT2D eigenvalue weighted by atomic mass is 9.88. The van der Waals surface area contributed by atoms with Crippen molar-refractivity contribution in [2.75, 3.05) is 11.9 Å². The summed E-state index contributed by atoms with van der Waals surface area (Å²) in [5, 5.41) is 23.9. The molecule has 146 valence electrons. The topological polar surface area (TPSA) is 122 Å². The van der Waals surface area contributed by atoms with E-state index in [-0.39, 0.29) is 28.9 Å². The molecule has 0 spiro atoms. The van der Waals surface area contributed by atoms with Crippen molar-refractivity contribution in [2.24, 2.45) is 5.92 Å². The van der Waals surface area contributed by atoms with Crippen LogP contribution in [-0.4, -0.2) is 36.6 Å². The number of anilines is 1. The molecular formula is C17H27N3O5S. The lowest BCUT2D eigenvalue weighted by Crippen LogP contribution is -2.37. The first-order valence-corrected chi connectivity index (χ1v) is 10.2. The number of nitro groups is 1. The third-order valence-electron chi connectivity index (χ3n) is 4.53. The van der Waals surface area contributed by atoms with Gasteiger partial charge >= 0.3 is 0 Å². The first-order valence-electron chi connectivity index (χ1n) is 8.75. The van der Waals surface area contributed by atoms with Gasteiger partial charge in [-0.05, 0) is 57.6 Å². The van der Waals surface area contributed by atoms with Crippen LogP contribution in [0.5, 0.6) is 0 Å². The number of benzene rings is 1. The van der Waals surface area contributed by atoms with Gasteiger partial charge in [0.15, 0.2) is 0 Å². The van der Waals surface area contributed by atoms with Crippen molar-refractivity contribution < 1.29 is 18.4 Å². The van der Waals surface area contributed by atoms with Crippen molar-refractivity contribution in [3.05, 3.63) is 28.3 Å². The fourth-order valence-electron chi connectivity index (χ4n) is 2.96. The predicted molar refractivity (Wildman–Crippen MR) is 99.6 cm³/mol. The lowest BCUT2D eigenvalue weighted by molar-refractivity contribution is -0.384. The van der Waals surface area contributed by atoms with Crippen molar-refractivity contribution in [3.63, 3.8) is 0 Å². The molecule has 1 aromatic rings. The van der Waals surface area contributed by atoms with E-state index in [1.807, 2.05) is 0 Å². The summed E-state index contributed by atoms with van der Waals surface area (Å²) in [4.78, 5) is 10.6. The Kier molecular flexibility index (Phi) is 6.25. The zero-order chi connectivity index (χ0) is 19.5. The maximum absolute atomic E-state index is 12.6. The SMILES string of the molecule is CC1CCC(NS(=O)(=O)c2ccc(NCC(C)(C)O)c([N+](=O)[O-])c2)CC1. The number of aliphatic hydroxyl groups is 1. The number of hydrogen-bond donors (Lipinski definition) is 3. The lowest BCUT2D eigenvalue weighted by Gasteiger charge is -2.26. The molecule has 0 amide bonds. The Morgan fingerprint density at radius 2 is 1.88 bits per heavy atom. The third-order valence-corrected chi connectivity index (χ3v) is 6.04. The average molecular weight is 385 g/mol. The zero-order valence-electron chi connectivity index (χ0n) is 15.4. The van der Waals surface area contributed by atoms with Gasteiger partial charge in [-0.1, -0.05) is 6.92 Å². The van der Waals surface area contributed by atoms with Crippen LogP contribution in [0.15, 0.2) is 23.1 Å². The van der Waals surface area contributed by atoms with Gasteiger partial charge in [0.05, 0.1) is 15.4 Å². The molecule has 8 nitrogen and oxygen atoms in total. The molecule has 2 rings (SSSR count). The Morgan fingerprint density at radius 3 is 2.42 bits per heavy atom. The van der Waals surface area contributed by atoms with Gasteiger partial charge in [0.2, 0.25) is 10.0 Å². The Bertz CT molecular complexity index is 750.